The van der Waals surface area contributed by atoms with Gasteiger partial charge in [0.2, 0.25) is 0 Å². The molecule has 1 saturated heterocycles. The Morgan fingerprint density at radius 1 is 1.14 bits per heavy atom. The third kappa shape index (κ3) is 4.76. The Morgan fingerprint density at radius 3 is 2.62 bits per heavy atom. The lowest BCUT2D eigenvalue weighted by Gasteiger charge is -2.34. The molecule has 1 aliphatic carbocycles. The zero-order chi connectivity index (χ0) is 14.5. The van der Waals surface area contributed by atoms with Crippen LogP contribution in [0.2, 0.25) is 0 Å². The lowest BCUT2D eigenvalue weighted by Crippen LogP contribution is -2.47. The van der Waals surface area contributed by atoms with Gasteiger partial charge in [-0.05, 0) is 25.3 Å². The van der Waals surface area contributed by atoms with E-state index in [-0.39, 0.29) is 0 Å². The monoisotopic (exact) mass is 292 g/mol. The van der Waals surface area contributed by atoms with Crippen molar-refractivity contribution in [3.63, 3.8) is 0 Å². The standard InChI is InChI=1S/C15H28N6/c1-2-16-11-15-13-21(18-17-15)10-9-19-5-7-20(8-6-19)12-14-3-4-14/h13-14,16H,2-12H2,1H3. The molecule has 0 radical (unpaired) electrons. The van der Waals surface area contributed by atoms with Crippen molar-refractivity contribution in [2.24, 2.45) is 5.92 Å². The second-order valence-corrected chi connectivity index (χ2v) is 6.34. The molecule has 21 heavy (non-hydrogen) atoms. The molecule has 1 aromatic heterocycles. The van der Waals surface area contributed by atoms with Crippen molar-refractivity contribution in [3.05, 3.63) is 11.9 Å². The summed E-state index contributed by atoms with van der Waals surface area (Å²) in [5.41, 5.74) is 1.03. The highest BCUT2D eigenvalue weighted by atomic mass is 15.4. The quantitative estimate of drug-likeness (QED) is 0.752. The maximum absolute atomic E-state index is 4.21. The maximum atomic E-state index is 4.21. The van der Waals surface area contributed by atoms with Gasteiger partial charge in [0, 0.05) is 52.0 Å². The molecule has 6 heteroatoms. The highest BCUT2D eigenvalue weighted by Gasteiger charge is 2.26. The summed E-state index contributed by atoms with van der Waals surface area (Å²) in [6.45, 7) is 12.1. The zero-order valence-corrected chi connectivity index (χ0v) is 13.2. The fraction of sp³-hybridized carbons (Fsp3) is 0.867. The van der Waals surface area contributed by atoms with Crippen molar-refractivity contribution in [1.82, 2.24) is 30.1 Å². The highest BCUT2D eigenvalue weighted by Crippen LogP contribution is 2.29. The summed E-state index contributed by atoms with van der Waals surface area (Å²) >= 11 is 0. The molecule has 1 N–H and O–H groups in total. The summed E-state index contributed by atoms with van der Waals surface area (Å²) in [7, 11) is 0. The summed E-state index contributed by atoms with van der Waals surface area (Å²) in [5, 5.41) is 11.7. The summed E-state index contributed by atoms with van der Waals surface area (Å²) < 4.78 is 1.98. The van der Waals surface area contributed by atoms with Crippen LogP contribution in [0.25, 0.3) is 0 Å². The fourth-order valence-corrected chi connectivity index (χ4v) is 2.89. The first kappa shape index (κ1) is 14.9. The molecule has 2 fully saturated rings. The minimum absolute atomic E-state index is 0.816. The van der Waals surface area contributed by atoms with E-state index in [4.69, 9.17) is 0 Å². The first-order valence-corrected chi connectivity index (χ1v) is 8.38. The van der Waals surface area contributed by atoms with E-state index < -0.39 is 0 Å². The van der Waals surface area contributed by atoms with Gasteiger partial charge in [0.05, 0.1) is 12.2 Å². The third-order valence-corrected chi connectivity index (χ3v) is 4.47. The van der Waals surface area contributed by atoms with Crippen molar-refractivity contribution < 1.29 is 0 Å². The van der Waals surface area contributed by atoms with Gasteiger partial charge in [0.25, 0.3) is 0 Å². The number of nitrogens with zero attached hydrogens (tertiary/aromatic N) is 5. The average molecular weight is 292 g/mol. The number of rotatable bonds is 8. The summed E-state index contributed by atoms with van der Waals surface area (Å²) in [6.07, 6.45) is 4.98. The van der Waals surface area contributed by atoms with E-state index in [0.29, 0.717) is 0 Å². The molecule has 0 unspecified atom stereocenters. The lowest BCUT2D eigenvalue weighted by atomic mass is 10.3. The summed E-state index contributed by atoms with van der Waals surface area (Å²) in [6, 6.07) is 0. The van der Waals surface area contributed by atoms with Gasteiger partial charge in [-0.1, -0.05) is 12.1 Å². The van der Waals surface area contributed by atoms with Crippen LogP contribution in [0, 0.1) is 5.92 Å². The Labute approximate surface area is 127 Å². The first-order chi connectivity index (χ1) is 10.3. The van der Waals surface area contributed by atoms with E-state index >= 15 is 0 Å². The van der Waals surface area contributed by atoms with Crippen LogP contribution in [0.5, 0.6) is 0 Å². The molecular formula is C15H28N6. The Kier molecular flexibility index (Phi) is 5.22. The molecule has 6 nitrogen and oxygen atoms in total. The van der Waals surface area contributed by atoms with Crippen LogP contribution >= 0.6 is 0 Å². The zero-order valence-electron chi connectivity index (χ0n) is 13.2. The Balaban J connectivity index is 1.34. The number of nitrogens with one attached hydrogen (secondary N) is 1. The van der Waals surface area contributed by atoms with Crippen LogP contribution in [-0.2, 0) is 13.1 Å². The molecule has 2 heterocycles. The molecule has 1 aromatic rings. The van der Waals surface area contributed by atoms with Crippen LogP contribution in [0.4, 0.5) is 0 Å². The second-order valence-electron chi connectivity index (χ2n) is 6.34. The molecule has 0 amide bonds. The second kappa shape index (κ2) is 7.33. The van der Waals surface area contributed by atoms with Crippen molar-refractivity contribution in [2.45, 2.75) is 32.9 Å². The minimum Gasteiger partial charge on any atom is -0.311 e. The van der Waals surface area contributed by atoms with Crippen LogP contribution < -0.4 is 5.32 Å². The number of aromatic nitrogens is 3. The van der Waals surface area contributed by atoms with Gasteiger partial charge in [0.1, 0.15) is 0 Å². The highest BCUT2D eigenvalue weighted by molar-refractivity contribution is 4.91. The molecule has 3 rings (SSSR count). The number of hydrogen-bond acceptors (Lipinski definition) is 5. The fourth-order valence-electron chi connectivity index (χ4n) is 2.89. The van der Waals surface area contributed by atoms with E-state index in [2.05, 4.69) is 38.5 Å². The molecule has 2 aliphatic rings. The first-order valence-electron chi connectivity index (χ1n) is 8.38. The molecule has 0 atom stereocenters. The summed E-state index contributed by atoms with van der Waals surface area (Å²) in [4.78, 5) is 5.19. The normalized spacial score (nSPS) is 21.0. The van der Waals surface area contributed by atoms with E-state index in [1.54, 1.807) is 0 Å². The van der Waals surface area contributed by atoms with Crippen LogP contribution in [0.1, 0.15) is 25.5 Å². The van der Waals surface area contributed by atoms with Gasteiger partial charge >= 0.3 is 0 Å². The number of piperazine rings is 1. The Morgan fingerprint density at radius 2 is 1.90 bits per heavy atom. The average Bonchev–Trinajstić information content (AvgIpc) is 3.21. The lowest BCUT2D eigenvalue weighted by molar-refractivity contribution is 0.124. The van der Waals surface area contributed by atoms with Gasteiger partial charge in [-0.15, -0.1) is 5.10 Å². The number of hydrogen-bond donors (Lipinski definition) is 1. The molecule has 0 spiro atoms. The molecule has 0 bridgehead atoms. The largest absolute Gasteiger partial charge is 0.311 e. The van der Waals surface area contributed by atoms with E-state index in [1.807, 2.05) is 4.68 Å². The van der Waals surface area contributed by atoms with Crippen LogP contribution in [-0.4, -0.2) is 70.6 Å². The SMILES string of the molecule is CCNCc1cn(CCN2CCN(CC3CC3)CC2)nn1. The van der Waals surface area contributed by atoms with Crippen LogP contribution in [0.3, 0.4) is 0 Å². The van der Waals surface area contributed by atoms with Gasteiger partial charge in [-0.2, -0.15) is 0 Å². The van der Waals surface area contributed by atoms with Gasteiger partial charge < -0.3 is 10.2 Å². The molecule has 1 aliphatic heterocycles. The van der Waals surface area contributed by atoms with Gasteiger partial charge in [0.15, 0.2) is 0 Å². The van der Waals surface area contributed by atoms with Gasteiger partial charge in [-0.25, -0.2) is 0 Å². The van der Waals surface area contributed by atoms with Crippen LogP contribution in [0.15, 0.2) is 6.20 Å². The van der Waals surface area contributed by atoms with Crippen molar-refractivity contribution >= 4 is 0 Å². The maximum Gasteiger partial charge on any atom is 0.0964 e. The third-order valence-electron chi connectivity index (χ3n) is 4.47. The topological polar surface area (TPSA) is 49.2 Å². The van der Waals surface area contributed by atoms with Crippen molar-refractivity contribution in [3.8, 4) is 0 Å². The van der Waals surface area contributed by atoms with E-state index in [9.17, 15) is 0 Å². The van der Waals surface area contributed by atoms with Crippen molar-refractivity contribution in [1.29, 1.82) is 0 Å². The minimum atomic E-state index is 0.816. The molecule has 0 aromatic carbocycles. The molecule has 1 saturated carbocycles. The predicted octanol–water partition coefficient (Wildman–Crippen LogP) is 0.415. The van der Waals surface area contributed by atoms with E-state index in [0.717, 1.165) is 37.8 Å². The molecule has 118 valence electrons. The molecular weight excluding hydrogens is 264 g/mol. The van der Waals surface area contributed by atoms with E-state index in [1.165, 1.54) is 45.6 Å². The van der Waals surface area contributed by atoms with Gasteiger partial charge in [-0.3, -0.25) is 9.58 Å². The predicted molar refractivity (Wildman–Crippen MR) is 83.0 cm³/mol. The van der Waals surface area contributed by atoms with Crippen molar-refractivity contribution in [2.75, 3.05) is 45.8 Å². The Hall–Kier alpha value is -0.980. The summed E-state index contributed by atoms with van der Waals surface area (Å²) in [5.74, 6) is 1.02. The Bertz CT molecular complexity index is 420. The smallest absolute Gasteiger partial charge is 0.0964 e.